The molecule has 200 valence electrons. The number of ketones is 1. The zero-order valence-corrected chi connectivity index (χ0v) is 20.8. The van der Waals surface area contributed by atoms with Gasteiger partial charge in [-0.15, -0.1) is 0 Å². The van der Waals surface area contributed by atoms with E-state index in [1.165, 1.54) is 45.6 Å². The third kappa shape index (κ3) is 5.50. The van der Waals surface area contributed by atoms with Gasteiger partial charge in [0.2, 0.25) is 11.1 Å². The maximum atomic E-state index is 13.6. The molecule has 13 heteroatoms. The summed E-state index contributed by atoms with van der Waals surface area (Å²) in [5.41, 5.74) is -8.15. The Labute approximate surface area is 212 Å². The van der Waals surface area contributed by atoms with Gasteiger partial charge in [-0.3, -0.25) is 4.79 Å². The van der Waals surface area contributed by atoms with Crippen molar-refractivity contribution in [1.29, 1.82) is 0 Å². The van der Waals surface area contributed by atoms with Crippen molar-refractivity contribution in [2.24, 2.45) is 0 Å². The molecule has 3 rings (SSSR count). The largest absolute Gasteiger partial charge is 0.496 e. The Morgan fingerprint density at radius 1 is 0.711 bits per heavy atom. The van der Waals surface area contributed by atoms with Gasteiger partial charge in [-0.25, -0.2) is 4.79 Å². The fourth-order valence-corrected chi connectivity index (χ4v) is 4.95. The van der Waals surface area contributed by atoms with Crippen LogP contribution < -0.4 is 19.5 Å². The Hall–Kier alpha value is -3.92. The molecule has 0 aliphatic rings. The van der Waals surface area contributed by atoms with Crippen LogP contribution in [0.15, 0.2) is 54.6 Å². The van der Waals surface area contributed by atoms with E-state index in [-0.39, 0.29) is 34.9 Å². The second-order valence-electron chi connectivity index (χ2n) is 7.58. The highest BCUT2D eigenvalue weighted by Crippen LogP contribution is 2.43. The molecular weight excluding hydrogens is 541 g/mol. The number of alkyl halides is 6. The smallest absolute Gasteiger partial charge is 0.459 e. The van der Waals surface area contributed by atoms with E-state index in [2.05, 4.69) is 0 Å². The highest BCUT2D eigenvalue weighted by Gasteiger charge is 2.49. The van der Waals surface area contributed by atoms with E-state index < -0.39 is 59.0 Å². The van der Waals surface area contributed by atoms with E-state index in [0.717, 1.165) is 12.1 Å². The summed E-state index contributed by atoms with van der Waals surface area (Å²) in [5.74, 6) is -0.768. The van der Waals surface area contributed by atoms with Crippen molar-refractivity contribution in [2.75, 3.05) is 21.3 Å². The first-order valence-corrected chi connectivity index (χ1v) is 11.7. The summed E-state index contributed by atoms with van der Waals surface area (Å²) in [6, 6.07) is 8.42. The second-order valence-corrected chi connectivity index (χ2v) is 9.05. The highest BCUT2D eigenvalue weighted by molar-refractivity contribution is 7.71. The first-order valence-electron chi connectivity index (χ1n) is 10.5. The van der Waals surface area contributed by atoms with Gasteiger partial charge in [0.15, 0.2) is 0 Å². The standard InChI is InChI=1S/C25H18F6O6P/c1-35-13-11-17(36-2)21(18(12-13)37-3)22(32)14-7-4-5-10-19(14)38(34)23(33)20-15(24(26,27)28)8-6-9-16(20)25(29,30)31/h4-12H,1-3H3/q+1. The van der Waals surface area contributed by atoms with Gasteiger partial charge in [0.1, 0.15) is 22.8 Å². The summed E-state index contributed by atoms with van der Waals surface area (Å²) in [6.07, 6.45) is -10.7. The van der Waals surface area contributed by atoms with Gasteiger partial charge in [0.05, 0.1) is 43.6 Å². The summed E-state index contributed by atoms with van der Waals surface area (Å²) in [7, 11) is 0.165. The average Bonchev–Trinajstić information content (AvgIpc) is 2.89. The van der Waals surface area contributed by atoms with Crippen LogP contribution >= 0.6 is 7.80 Å². The van der Waals surface area contributed by atoms with E-state index in [4.69, 9.17) is 14.2 Å². The molecule has 0 fully saturated rings. The molecule has 0 aromatic heterocycles. The van der Waals surface area contributed by atoms with Crippen LogP contribution in [0.2, 0.25) is 0 Å². The van der Waals surface area contributed by atoms with Gasteiger partial charge in [0, 0.05) is 12.1 Å². The van der Waals surface area contributed by atoms with Crippen molar-refractivity contribution >= 4 is 24.4 Å². The lowest BCUT2D eigenvalue weighted by Crippen LogP contribution is -2.22. The molecule has 38 heavy (non-hydrogen) atoms. The zero-order chi connectivity index (χ0) is 28.4. The number of methoxy groups -OCH3 is 3. The maximum absolute atomic E-state index is 13.6. The molecule has 1 atom stereocenters. The summed E-state index contributed by atoms with van der Waals surface area (Å²) < 4.78 is 110. The van der Waals surface area contributed by atoms with Gasteiger partial charge in [-0.2, -0.15) is 26.3 Å². The minimum Gasteiger partial charge on any atom is -0.496 e. The van der Waals surface area contributed by atoms with Gasteiger partial charge >= 0.3 is 25.7 Å². The monoisotopic (exact) mass is 559 g/mol. The Morgan fingerprint density at radius 2 is 1.21 bits per heavy atom. The minimum atomic E-state index is -5.36. The first kappa shape index (κ1) is 28.6. The van der Waals surface area contributed by atoms with E-state index in [9.17, 15) is 40.5 Å². The summed E-state index contributed by atoms with van der Waals surface area (Å²) in [4.78, 5) is 26.6. The predicted molar refractivity (Wildman–Crippen MR) is 124 cm³/mol. The second kappa shape index (κ2) is 10.8. The average molecular weight is 559 g/mol. The number of hydrogen-bond donors (Lipinski definition) is 0. The molecule has 0 radical (unpaired) electrons. The van der Waals surface area contributed by atoms with Crippen LogP contribution in [0.3, 0.4) is 0 Å². The Kier molecular flexibility index (Phi) is 8.16. The molecule has 0 heterocycles. The van der Waals surface area contributed by atoms with E-state index in [1.54, 1.807) is 0 Å². The molecule has 0 spiro atoms. The molecule has 0 aliphatic heterocycles. The van der Waals surface area contributed by atoms with Crippen LogP contribution in [0.5, 0.6) is 17.2 Å². The normalized spacial score (nSPS) is 12.1. The Morgan fingerprint density at radius 3 is 1.66 bits per heavy atom. The number of ether oxygens (including phenoxy) is 3. The third-order valence-electron chi connectivity index (χ3n) is 5.38. The van der Waals surface area contributed by atoms with Crippen LogP contribution in [-0.4, -0.2) is 32.6 Å². The van der Waals surface area contributed by atoms with Crippen molar-refractivity contribution in [3.63, 3.8) is 0 Å². The lowest BCUT2D eigenvalue weighted by molar-refractivity contribution is -0.143. The lowest BCUT2D eigenvalue weighted by atomic mass is 10.0. The predicted octanol–water partition coefficient (Wildman–Crippen LogP) is 6.27. The quantitative estimate of drug-likeness (QED) is 0.184. The van der Waals surface area contributed by atoms with Gasteiger partial charge < -0.3 is 14.2 Å². The Bertz CT molecular complexity index is 1360. The Balaban J connectivity index is 2.21. The molecular formula is C25H18F6O6P+. The van der Waals surface area contributed by atoms with Crippen molar-refractivity contribution in [3.05, 3.63) is 82.4 Å². The van der Waals surface area contributed by atoms with Crippen LogP contribution in [0, 0.1) is 0 Å². The topological polar surface area (TPSA) is 78.9 Å². The van der Waals surface area contributed by atoms with Crippen LogP contribution in [0.1, 0.15) is 37.4 Å². The zero-order valence-electron chi connectivity index (χ0n) is 19.9. The highest BCUT2D eigenvalue weighted by atomic mass is 31.1. The molecule has 0 bridgehead atoms. The number of carbonyl (C=O) groups is 2. The minimum absolute atomic E-state index is 0.0515. The molecule has 0 N–H and O–H groups in total. The number of halogens is 6. The van der Waals surface area contributed by atoms with E-state index >= 15 is 0 Å². The van der Waals surface area contributed by atoms with Gasteiger partial charge in [-0.05, 0) is 24.3 Å². The fourth-order valence-electron chi connectivity index (χ4n) is 3.67. The maximum Gasteiger partial charge on any atom is 0.459 e. The van der Waals surface area contributed by atoms with E-state index in [0.29, 0.717) is 6.07 Å². The molecule has 1 unspecified atom stereocenters. The summed E-state index contributed by atoms with van der Waals surface area (Å²) >= 11 is 0. The van der Waals surface area contributed by atoms with Crippen LogP contribution in [0.4, 0.5) is 26.3 Å². The van der Waals surface area contributed by atoms with Crippen molar-refractivity contribution in [1.82, 2.24) is 0 Å². The van der Waals surface area contributed by atoms with E-state index in [1.807, 2.05) is 0 Å². The SMILES string of the molecule is COc1cc(OC)c(C(=O)c2ccccc2[P+](=O)C(=O)c2c(C(F)(F)F)cccc2C(F)(F)F)c(OC)c1. The molecule has 0 aliphatic carbocycles. The summed E-state index contributed by atoms with van der Waals surface area (Å²) in [5, 5.41) is -0.567. The fraction of sp³-hybridized carbons (Fsp3) is 0.200. The van der Waals surface area contributed by atoms with Crippen molar-refractivity contribution in [2.45, 2.75) is 12.4 Å². The molecule has 6 nitrogen and oxygen atoms in total. The van der Waals surface area contributed by atoms with Crippen LogP contribution in [0.25, 0.3) is 0 Å². The van der Waals surface area contributed by atoms with Crippen molar-refractivity contribution < 1.29 is 54.7 Å². The lowest BCUT2D eigenvalue weighted by Gasteiger charge is -2.15. The van der Waals surface area contributed by atoms with Crippen molar-refractivity contribution in [3.8, 4) is 17.2 Å². The van der Waals surface area contributed by atoms with Gasteiger partial charge in [0.25, 0.3) is 0 Å². The molecule has 0 amide bonds. The molecule has 0 saturated heterocycles. The number of carbonyl (C=O) groups excluding carboxylic acids is 2. The first-order chi connectivity index (χ1) is 17.8. The number of rotatable bonds is 8. The summed E-state index contributed by atoms with van der Waals surface area (Å²) in [6.45, 7) is 0. The third-order valence-corrected chi connectivity index (χ3v) is 6.80. The number of hydrogen-bond acceptors (Lipinski definition) is 6. The molecule has 3 aromatic carbocycles. The molecule has 3 aromatic rings. The van der Waals surface area contributed by atoms with Gasteiger partial charge in [-0.1, -0.05) is 22.8 Å². The molecule has 0 saturated carbocycles. The van der Waals surface area contributed by atoms with Crippen LogP contribution in [-0.2, 0) is 16.9 Å². The number of benzene rings is 3.